The number of ether oxygens (including phenoxy) is 1. The van der Waals surface area contributed by atoms with Gasteiger partial charge in [-0.15, -0.1) is 6.58 Å². The van der Waals surface area contributed by atoms with E-state index < -0.39 is 5.41 Å². The monoisotopic (exact) mass is 260 g/mol. The molecule has 1 aromatic rings. The van der Waals surface area contributed by atoms with Gasteiger partial charge in [0.25, 0.3) is 0 Å². The maximum absolute atomic E-state index is 12.1. The van der Waals surface area contributed by atoms with Gasteiger partial charge in [0.1, 0.15) is 0 Å². The summed E-state index contributed by atoms with van der Waals surface area (Å²) in [4.78, 5) is 12.1. The van der Waals surface area contributed by atoms with Gasteiger partial charge in [-0.05, 0) is 57.7 Å². The maximum atomic E-state index is 12.1. The summed E-state index contributed by atoms with van der Waals surface area (Å²) in [6, 6.07) is 4.30. The Morgan fingerprint density at radius 2 is 1.84 bits per heavy atom. The third kappa shape index (κ3) is 3.46. The number of hydrogen-bond donors (Lipinski definition) is 0. The third-order valence-corrected chi connectivity index (χ3v) is 3.58. The second-order valence-corrected chi connectivity index (χ2v) is 5.40. The summed E-state index contributed by atoms with van der Waals surface area (Å²) in [6.45, 7) is 14.2. The van der Waals surface area contributed by atoms with Crippen molar-refractivity contribution in [3.8, 4) is 0 Å². The molecule has 0 aliphatic rings. The van der Waals surface area contributed by atoms with Crippen molar-refractivity contribution in [2.24, 2.45) is 5.41 Å². The van der Waals surface area contributed by atoms with Gasteiger partial charge in [0.05, 0.1) is 12.0 Å². The summed E-state index contributed by atoms with van der Waals surface area (Å²) < 4.78 is 5.16. The summed E-state index contributed by atoms with van der Waals surface area (Å²) in [6.07, 6.45) is 2.33. The molecule has 1 aromatic carbocycles. The predicted octanol–water partition coefficient (Wildman–Crippen LogP) is 3.91. The van der Waals surface area contributed by atoms with Gasteiger partial charge in [-0.1, -0.05) is 23.8 Å². The lowest BCUT2D eigenvalue weighted by Gasteiger charge is -2.25. The van der Waals surface area contributed by atoms with Crippen molar-refractivity contribution in [3.63, 3.8) is 0 Å². The molecule has 0 bridgehead atoms. The van der Waals surface area contributed by atoms with Crippen molar-refractivity contribution in [2.75, 3.05) is 6.61 Å². The van der Waals surface area contributed by atoms with E-state index in [0.717, 1.165) is 0 Å². The standard InChI is InChI=1S/C17H24O2/c1-7-17(6,16(18)19-8-2)11-15-13(4)9-12(3)10-14(15)5/h7,9-10H,1,8,11H2,2-6H3. The van der Waals surface area contributed by atoms with Crippen molar-refractivity contribution < 1.29 is 9.53 Å². The first kappa shape index (κ1) is 15.5. The largest absolute Gasteiger partial charge is 0.465 e. The van der Waals surface area contributed by atoms with Crippen LogP contribution in [0.1, 0.15) is 36.1 Å². The van der Waals surface area contributed by atoms with E-state index in [1.807, 2.05) is 13.8 Å². The summed E-state index contributed by atoms with van der Waals surface area (Å²) in [7, 11) is 0. The fraction of sp³-hybridized carbons (Fsp3) is 0.471. The first-order valence-corrected chi connectivity index (χ1v) is 6.71. The Hall–Kier alpha value is -1.57. The fourth-order valence-electron chi connectivity index (χ4n) is 2.38. The van der Waals surface area contributed by atoms with Gasteiger partial charge in [-0.2, -0.15) is 0 Å². The molecule has 0 aromatic heterocycles. The number of aryl methyl sites for hydroxylation is 3. The molecular formula is C17H24O2. The van der Waals surface area contributed by atoms with Crippen LogP contribution >= 0.6 is 0 Å². The molecule has 0 fully saturated rings. The van der Waals surface area contributed by atoms with Gasteiger partial charge >= 0.3 is 5.97 Å². The number of rotatable bonds is 5. The summed E-state index contributed by atoms with van der Waals surface area (Å²) >= 11 is 0. The molecule has 0 spiro atoms. The molecule has 0 saturated heterocycles. The number of carbonyl (C=O) groups is 1. The SMILES string of the molecule is C=CC(C)(Cc1c(C)cc(C)cc1C)C(=O)OCC. The Balaban J connectivity index is 3.12. The van der Waals surface area contributed by atoms with E-state index in [4.69, 9.17) is 4.74 Å². The Morgan fingerprint density at radius 3 is 2.26 bits per heavy atom. The van der Waals surface area contributed by atoms with Crippen LogP contribution in [0, 0.1) is 26.2 Å². The van der Waals surface area contributed by atoms with Gasteiger partial charge < -0.3 is 4.74 Å². The maximum Gasteiger partial charge on any atom is 0.315 e. The average molecular weight is 260 g/mol. The van der Waals surface area contributed by atoms with Crippen molar-refractivity contribution in [1.29, 1.82) is 0 Å². The molecule has 1 atom stereocenters. The number of carbonyl (C=O) groups excluding carboxylic acids is 1. The molecule has 0 saturated carbocycles. The van der Waals surface area contributed by atoms with Crippen LogP contribution in [0.15, 0.2) is 24.8 Å². The van der Waals surface area contributed by atoms with Gasteiger partial charge in [0.2, 0.25) is 0 Å². The van der Waals surface area contributed by atoms with E-state index in [2.05, 4.69) is 39.5 Å². The molecule has 2 heteroatoms. The van der Waals surface area contributed by atoms with Crippen LogP contribution in [0.2, 0.25) is 0 Å². The summed E-state index contributed by atoms with van der Waals surface area (Å²) in [5.74, 6) is -0.204. The molecule has 0 aliphatic heterocycles. The highest BCUT2D eigenvalue weighted by Gasteiger charge is 2.32. The van der Waals surface area contributed by atoms with Crippen molar-refractivity contribution >= 4 is 5.97 Å². The summed E-state index contributed by atoms with van der Waals surface area (Å²) in [5, 5.41) is 0. The molecule has 19 heavy (non-hydrogen) atoms. The second kappa shape index (κ2) is 6.05. The Kier molecular flexibility index (Phi) is 4.93. The molecule has 0 radical (unpaired) electrons. The van der Waals surface area contributed by atoms with Gasteiger partial charge in [0, 0.05) is 0 Å². The van der Waals surface area contributed by atoms with E-state index in [1.54, 1.807) is 6.08 Å². The Labute approximate surface area is 116 Å². The highest BCUT2D eigenvalue weighted by atomic mass is 16.5. The van der Waals surface area contributed by atoms with Crippen LogP contribution in [0.3, 0.4) is 0 Å². The lowest BCUT2D eigenvalue weighted by atomic mass is 9.80. The third-order valence-electron chi connectivity index (χ3n) is 3.58. The van der Waals surface area contributed by atoms with Crippen LogP contribution < -0.4 is 0 Å². The van der Waals surface area contributed by atoms with Crippen LogP contribution in [-0.4, -0.2) is 12.6 Å². The lowest BCUT2D eigenvalue weighted by molar-refractivity contribution is -0.151. The van der Waals surface area contributed by atoms with E-state index in [-0.39, 0.29) is 5.97 Å². The van der Waals surface area contributed by atoms with E-state index in [9.17, 15) is 4.79 Å². The molecule has 0 aliphatic carbocycles. The molecule has 1 rings (SSSR count). The zero-order valence-corrected chi connectivity index (χ0v) is 12.7. The highest BCUT2D eigenvalue weighted by Crippen LogP contribution is 2.29. The van der Waals surface area contributed by atoms with Gasteiger partial charge in [-0.25, -0.2) is 0 Å². The fourth-order valence-corrected chi connectivity index (χ4v) is 2.38. The molecule has 0 heterocycles. The minimum atomic E-state index is -0.666. The van der Waals surface area contributed by atoms with Crippen molar-refractivity contribution in [1.82, 2.24) is 0 Å². The Morgan fingerprint density at radius 1 is 1.32 bits per heavy atom. The minimum absolute atomic E-state index is 0.204. The van der Waals surface area contributed by atoms with Crippen molar-refractivity contribution in [2.45, 2.75) is 41.0 Å². The minimum Gasteiger partial charge on any atom is -0.465 e. The topological polar surface area (TPSA) is 26.3 Å². The van der Waals surface area contributed by atoms with E-state index >= 15 is 0 Å². The van der Waals surface area contributed by atoms with Gasteiger partial charge in [-0.3, -0.25) is 4.79 Å². The van der Waals surface area contributed by atoms with Crippen LogP contribution in [0.25, 0.3) is 0 Å². The zero-order valence-electron chi connectivity index (χ0n) is 12.7. The molecule has 0 amide bonds. The molecular weight excluding hydrogens is 236 g/mol. The molecule has 104 valence electrons. The number of esters is 1. The highest BCUT2D eigenvalue weighted by molar-refractivity contribution is 5.79. The first-order valence-electron chi connectivity index (χ1n) is 6.71. The quantitative estimate of drug-likeness (QED) is 0.592. The molecule has 1 unspecified atom stereocenters. The second-order valence-electron chi connectivity index (χ2n) is 5.40. The lowest BCUT2D eigenvalue weighted by Crippen LogP contribution is -2.30. The Bertz CT molecular complexity index is 465. The van der Waals surface area contributed by atoms with Gasteiger partial charge in [0.15, 0.2) is 0 Å². The van der Waals surface area contributed by atoms with E-state index in [0.29, 0.717) is 13.0 Å². The first-order chi connectivity index (χ1) is 8.84. The van der Waals surface area contributed by atoms with Crippen LogP contribution in [0.5, 0.6) is 0 Å². The van der Waals surface area contributed by atoms with Crippen LogP contribution in [0.4, 0.5) is 0 Å². The van der Waals surface area contributed by atoms with Crippen molar-refractivity contribution in [3.05, 3.63) is 47.0 Å². The summed E-state index contributed by atoms with van der Waals surface area (Å²) in [5.41, 5.74) is 4.22. The molecule has 0 N–H and O–H groups in total. The van der Waals surface area contributed by atoms with Crippen LogP contribution in [-0.2, 0) is 16.0 Å². The number of benzene rings is 1. The zero-order chi connectivity index (χ0) is 14.6. The average Bonchev–Trinajstić information content (AvgIpc) is 2.33. The molecule has 2 nitrogen and oxygen atoms in total. The smallest absolute Gasteiger partial charge is 0.315 e. The van der Waals surface area contributed by atoms with E-state index in [1.165, 1.54) is 22.3 Å². The number of hydrogen-bond acceptors (Lipinski definition) is 2. The normalized spacial score (nSPS) is 13.7. The predicted molar refractivity (Wildman–Crippen MR) is 79.3 cm³/mol.